The normalized spacial score (nSPS) is 19.3. The number of aryl methyl sites for hydroxylation is 2. The first-order valence-corrected chi connectivity index (χ1v) is 7.90. The van der Waals surface area contributed by atoms with Gasteiger partial charge in [-0.1, -0.05) is 12.1 Å². The lowest BCUT2D eigenvalue weighted by Gasteiger charge is -2.14. The average Bonchev–Trinajstić information content (AvgIpc) is 3.21. The molecule has 0 N–H and O–H groups in total. The van der Waals surface area contributed by atoms with Crippen LogP contribution in [0.2, 0.25) is 0 Å². The summed E-state index contributed by atoms with van der Waals surface area (Å²) in [6.07, 6.45) is 1.16. The second kappa shape index (κ2) is 5.29. The van der Waals surface area contributed by atoms with E-state index >= 15 is 0 Å². The molecular weight excluding hydrogens is 274 g/mol. The van der Waals surface area contributed by atoms with Crippen molar-refractivity contribution in [3.05, 3.63) is 53.7 Å². The number of likely N-dealkylation sites (tertiary alicyclic amines) is 1. The Bertz CT molecular complexity index is 802. The molecule has 4 nitrogen and oxygen atoms in total. The van der Waals surface area contributed by atoms with Crippen molar-refractivity contribution in [3.8, 4) is 0 Å². The lowest BCUT2D eigenvalue weighted by molar-refractivity contribution is 0.290. The Labute approximate surface area is 130 Å². The van der Waals surface area contributed by atoms with Crippen LogP contribution in [0.5, 0.6) is 0 Å². The molecule has 3 aromatic rings. The van der Waals surface area contributed by atoms with Crippen molar-refractivity contribution in [2.24, 2.45) is 7.05 Å². The van der Waals surface area contributed by atoms with Crippen molar-refractivity contribution >= 4 is 11.0 Å². The Morgan fingerprint density at radius 1 is 1.23 bits per heavy atom. The van der Waals surface area contributed by atoms with Gasteiger partial charge in [0.25, 0.3) is 0 Å². The fraction of sp³-hybridized carbons (Fsp3) is 0.389. The van der Waals surface area contributed by atoms with E-state index < -0.39 is 0 Å². The molecule has 0 saturated carbocycles. The molecule has 3 heterocycles. The maximum Gasteiger partial charge on any atom is 0.118 e. The third-order valence-electron chi connectivity index (χ3n) is 4.63. The van der Waals surface area contributed by atoms with E-state index in [1.54, 1.807) is 0 Å². The van der Waals surface area contributed by atoms with Gasteiger partial charge in [-0.2, -0.15) is 0 Å². The number of fused-ring (bicyclic) bond motifs is 1. The van der Waals surface area contributed by atoms with Crippen molar-refractivity contribution in [1.82, 2.24) is 14.5 Å². The number of rotatable bonds is 3. The standard InChI is InChI=1S/C18H21N3O/c1-13-7-8-15(22-13)12-21-10-9-14(11-21)18-19-16-5-3-4-6-17(16)20(18)2/h3-8,14H,9-12H2,1-2H3. The van der Waals surface area contributed by atoms with Crippen LogP contribution in [-0.2, 0) is 13.6 Å². The van der Waals surface area contributed by atoms with Crippen LogP contribution in [0.25, 0.3) is 11.0 Å². The molecule has 1 aromatic carbocycles. The smallest absolute Gasteiger partial charge is 0.118 e. The van der Waals surface area contributed by atoms with E-state index in [1.165, 1.54) is 11.3 Å². The summed E-state index contributed by atoms with van der Waals surface area (Å²) in [6, 6.07) is 12.5. The fourth-order valence-electron chi connectivity index (χ4n) is 3.51. The molecular formula is C18H21N3O. The zero-order chi connectivity index (χ0) is 15.1. The predicted molar refractivity (Wildman–Crippen MR) is 86.8 cm³/mol. The van der Waals surface area contributed by atoms with Gasteiger partial charge in [0.05, 0.1) is 17.6 Å². The van der Waals surface area contributed by atoms with Crippen LogP contribution in [0, 0.1) is 6.92 Å². The number of imidazole rings is 1. The molecule has 1 atom stereocenters. The van der Waals surface area contributed by atoms with E-state index in [0.29, 0.717) is 5.92 Å². The van der Waals surface area contributed by atoms with Gasteiger partial charge in [0, 0.05) is 19.5 Å². The summed E-state index contributed by atoms with van der Waals surface area (Å²) >= 11 is 0. The first kappa shape index (κ1) is 13.6. The molecule has 0 amide bonds. The molecule has 4 rings (SSSR count). The van der Waals surface area contributed by atoms with Crippen LogP contribution in [-0.4, -0.2) is 27.5 Å². The molecule has 1 unspecified atom stereocenters. The molecule has 0 radical (unpaired) electrons. The first-order valence-electron chi connectivity index (χ1n) is 7.90. The lowest BCUT2D eigenvalue weighted by atomic mass is 10.1. The molecule has 0 bridgehead atoms. The van der Waals surface area contributed by atoms with E-state index in [9.17, 15) is 0 Å². The summed E-state index contributed by atoms with van der Waals surface area (Å²) in [7, 11) is 2.13. The molecule has 1 fully saturated rings. The predicted octanol–water partition coefficient (Wildman–Crippen LogP) is 3.46. The molecule has 1 saturated heterocycles. The number of hydrogen-bond acceptors (Lipinski definition) is 3. The number of benzene rings is 1. The Morgan fingerprint density at radius 3 is 2.86 bits per heavy atom. The monoisotopic (exact) mass is 295 g/mol. The summed E-state index contributed by atoms with van der Waals surface area (Å²) in [5.41, 5.74) is 2.32. The van der Waals surface area contributed by atoms with Crippen LogP contribution in [0.1, 0.15) is 29.7 Å². The molecule has 114 valence electrons. The largest absolute Gasteiger partial charge is 0.465 e. The Morgan fingerprint density at radius 2 is 2.09 bits per heavy atom. The quantitative estimate of drug-likeness (QED) is 0.742. The van der Waals surface area contributed by atoms with Gasteiger partial charge in [-0.15, -0.1) is 0 Å². The molecule has 4 heteroatoms. The van der Waals surface area contributed by atoms with Gasteiger partial charge < -0.3 is 8.98 Å². The summed E-state index contributed by atoms with van der Waals surface area (Å²) in [4.78, 5) is 7.31. The second-order valence-electron chi connectivity index (χ2n) is 6.25. The number of aromatic nitrogens is 2. The zero-order valence-electron chi connectivity index (χ0n) is 13.1. The number of furan rings is 1. The summed E-state index contributed by atoms with van der Waals surface area (Å²) in [6.45, 7) is 5.05. The minimum Gasteiger partial charge on any atom is -0.465 e. The van der Waals surface area contributed by atoms with Gasteiger partial charge in [0.15, 0.2) is 0 Å². The third-order valence-corrected chi connectivity index (χ3v) is 4.63. The SMILES string of the molecule is Cc1ccc(CN2CCC(c3nc4ccccc4n3C)C2)o1. The van der Waals surface area contributed by atoms with E-state index in [4.69, 9.17) is 9.40 Å². The number of hydrogen-bond donors (Lipinski definition) is 0. The topological polar surface area (TPSA) is 34.2 Å². The second-order valence-corrected chi connectivity index (χ2v) is 6.25. The third kappa shape index (κ3) is 2.33. The van der Waals surface area contributed by atoms with E-state index in [-0.39, 0.29) is 0 Å². The summed E-state index contributed by atoms with van der Waals surface area (Å²) in [5.74, 6) is 3.76. The van der Waals surface area contributed by atoms with Crippen LogP contribution < -0.4 is 0 Å². The Hall–Kier alpha value is -2.07. The zero-order valence-corrected chi connectivity index (χ0v) is 13.1. The van der Waals surface area contributed by atoms with Gasteiger partial charge in [-0.05, 0) is 44.2 Å². The van der Waals surface area contributed by atoms with Gasteiger partial charge in [-0.3, -0.25) is 4.90 Å². The van der Waals surface area contributed by atoms with Crippen molar-refractivity contribution in [2.75, 3.05) is 13.1 Å². The van der Waals surface area contributed by atoms with E-state index in [0.717, 1.165) is 43.1 Å². The molecule has 2 aromatic heterocycles. The van der Waals surface area contributed by atoms with Gasteiger partial charge in [-0.25, -0.2) is 4.98 Å². The highest BCUT2D eigenvalue weighted by Crippen LogP contribution is 2.29. The van der Waals surface area contributed by atoms with Crippen molar-refractivity contribution in [2.45, 2.75) is 25.8 Å². The molecule has 0 aliphatic carbocycles. The van der Waals surface area contributed by atoms with Crippen molar-refractivity contribution in [1.29, 1.82) is 0 Å². The highest BCUT2D eigenvalue weighted by molar-refractivity contribution is 5.75. The highest BCUT2D eigenvalue weighted by atomic mass is 16.3. The first-order chi connectivity index (χ1) is 10.7. The van der Waals surface area contributed by atoms with Crippen molar-refractivity contribution < 1.29 is 4.42 Å². The van der Waals surface area contributed by atoms with E-state index in [1.807, 2.05) is 13.0 Å². The van der Waals surface area contributed by atoms with E-state index in [2.05, 4.69) is 46.8 Å². The van der Waals surface area contributed by atoms with Crippen LogP contribution in [0.15, 0.2) is 40.8 Å². The van der Waals surface area contributed by atoms with Crippen LogP contribution >= 0.6 is 0 Å². The molecule has 0 spiro atoms. The Balaban J connectivity index is 1.53. The van der Waals surface area contributed by atoms with Crippen LogP contribution in [0.3, 0.4) is 0 Å². The fourth-order valence-corrected chi connectivity index (χ4v) is 3.51. The highest BCUT2D eigenvalue weighted by Gasteiger charge is 2.28. The average molecular weight is 295 g/mol. The molecule has 1 aliphatic heterocycles. The number of nitrogens with zero attached hydrogens (tertiary/aromatic N) is 3. The van der Waals surface area contributed by atoms with Gasteiger partial charge in [0.2, 0.25) is 0 Å². The van der Waals surface area contributed by atoms with Crippen LogP contribution in [0.4, 0.5) is 0 Å². The maximum atomic E-state index is 5.70. The molecule has 1 aliphatic rings. The minimum absolute atomic E-state index is 0.508. The number of para-hydroxylation sites is 2. The molecule has 22 heavy (non-hydrogen) atoms. The summed E-state index contributed by atoms with van der Waals surface area (Å²) in [5, 5.41) is 0. The summed E-state index contributed by atoms with van der Waals surface area (Å²) < 4.78 is 7.95. The van der Waals surface area contributed by atoms with Gasteiger partial charge >= 0.3 is 0 Å². The minimum atomic E-state index is 0.508. The lowest BCUT2D eigenvalue weighted by Crippen LogP contribution is -2.20. The van der Waals surface area contributed by atoms with Gasteiger partial charge in [0.1, 0.15) is 17.3 Å². The maximum absolute atomic E-state index is 5.70. The Kier molecular flexibility index (Phi) is 3.26. The van der Waals surface area contributed by atoms with Crippen molar-refractivity contribution in [3.63, 3.8) is 0 Å².